The molecular formula is C9H15NOS. The van der Waals surface area contributed by atoms with Gasteiger partial charge in [0.15, 0.2) is 0 Å². The van der Waals surface area contributed by atoms with Gasteiger partial charge in [0.2, 0.25) is 0 Å². The molecule has 2 nitrogen and oxygen atoms in total. The van der Waals surface area contributed by atoms with Gasteiger partial charge in [0, 0.05) is 13.0 Å². The minimum absolute atomic E-state index is 0.213. The van der Waals surface area contributed by atoms with Crippen LogP contribution in [0.3, 0.4) is 0 Å². The number of Topliss-reactive ketones (excluding diaryl/α,β-unsaturated/α-hetero) is 1. The van der Waals surface area contributed by atoms with Crippen molar-refractivity contribution in [2.45, 2.75) is 18.1 Å². The lowest BCUT2D eigenvalue weighted by Gasteiger charge is -2.11. The Morgan fingerprint density at radius 2 is 2.42 bits per heavy atom. The van der Waals surface area contributed by atoms with Crippen LogP contribution in [0, 0.1) is 0 Å². The fourth-order valence-electron chi connectivity index (χ4n) is 1.09. The van der Waals surface area contributed by atoms with Crippen molar-refractivity contribution >= 4 is 17.5 Å². The van der Waals surface area contributed by atoms with E-state index in [4.69, 9.17) is 0 Å². The third-order valence-electron chi connectivity index (χ3n) is 1.85. The molecule has 0 aromatic carbocycles. The van der Waals surface area contributed by atoms with Crippen LogP contribution in [-0.2, 0) is 4.79 Å². The van der Waals surface area contributed by atoms with Crippen LogP contribution in [0.4, 0.5) is 0 Å². The van der Waals surface area contributed by atoms with E-state index in [0.29, 0.717) is 12.2 Å². The van der Waals surface area contributed by atoms with Crippen LogP contribution in [0.25, 0.3) is 0 Å². The van der Waals surface area contributed by atoms with Gasteiger partial charge in [-0.3, -0.25) is 4.79 Å². The third kappa shape index (κ3) is 2.99. The molecule has 0 saturated carbocycles. The lowest BCUT2D eigenvalue weighted by Crippen LogP contribution is -2.21. The Morgan fingerprint density at radius 3 is 2.92 bits per heavy atom. The molecular weight excluding hydrogens is 170 g/mol. The van der Waals surface area contributed by atoms with Gasteiger partial charge in [-0.2, -0.15) is 0 Å². The highest BCUT2D eigenvalue weighted by Crippen LogP contribution is 2.25. The maximum atomic E-state index is 11.5. The molecule has 1 aliphatic rings. The number of rotatable bonds is 4. The summed E-state index contributed by atoms with van der Waals surface area (Å²) in [5.41, 5.74) is 0. The molecule has 1 atom stereocenters. The fourth-order valence-corrected chi connectivity index (χ4v) is 1.99. The number of allylic oxidation sites excluding steroid dienone is 1. The summed E-state index contributed by atoms with van der Waals surface area (Å²) in [6, 6.07) is 0. The van der Waals surface area contributed by atoms with Crippen LogP contribution in [0.5, 0.6) is 0 Å². The smallest absolute Gasteiger partial charge is 0.147 e. The normalized spacial score (nSPS) is 22.1. The predicted molar refractivity (Wildman–Crippen MR) is 53.3 cm³/mol. The summed E-state index contributed by atoms with van der Waals surface area (Å²) in [5.74, 6) is 0.388. The van der Waals surface area contributed by atoms with Crippen LogP contribution in [0.15, 0.2) is 11.5 Å². The molecule has 12 heavy (non-hydrogen) atoms. The first-order valence-electron chi connectivity index (χ1n) is 4.18. The average Bonchev–Trinajstić information content (AvgIpc) is 2.51. The fraction of sp³-hybridized carbons (Fsp3) is 0.667. The molecule has 1 rings (SSSR count). The Labute approximate surface area is 78.0 Å². The lowest BCUT2D eigenvalue weighted by molar-refractivity contribution is -0.118. The lowest BCUT2D eigenvalue weighted by atomic mass is 10.1. The van der Waals surface area contributed by atoms with Crippen molar-refractivity contribution in [3.05, 3.63) is 11.5 Å². The van der Waals surface area contributed by atoms with Crippen molar-refractivity contribution in [3.63, 3.8) is 0 Å². The van der Waals surface area contributed by atoms with E-state index < -0.39 is 0 Å². The summed E-state index contributed by atoms with van der Waals surface area (Å²) in [5, 5.41) is 2.24. The number of hydrogen-bond acceptors (Lipinski definition) is 3. The van der Waals surface area contributed by atoms with E-state index in [1.165, 1.54) is 0 Å². The molecule has 0 aromatic heterocycles. The standard InChI is InChI=1S/C9H15NOS/c1-10(2)6-5-8(11)9-4-3-7-12-9/h3,7,9H,4-6H2,1-2H3. The van der Waals surface area contributed by atoms with Crippen molar-refractivity contribution in [2.24, 2.45) is 0 Å². The highest BCUT2D eigenvalue weighted by Gasteiger charge is 2.19. The van der Waals surface area contributed by atoms with Crippen LogP contribution in [-0.4, -0.2) is 36.6 Å². The minimum atomic E-state index is 0.213. The van der Waals surface area contributed by atoms with E-state index in [1.54, 1.807) is 11.8 Å². The van der Waals surface area contributed by atoms with E-state index >= 15 is 0 Å². The monoisotopic (exact) mass is 185 g/mol. The highest BCUT2D eigenvalue weighted by molar-refractivity contribution is 8.03. The first kappa shape index (κ1) is 9.81. The van der Waals surface area contributed by atoms with E-state index in [1.807, 2.05) is 24.4 Å². The molecule has 0 N–H and O–H groups in total. The molecule has 3 heteroatoms. The molecule has 1 aliphatic heterocycles. The Bertz CT molecular complexity index is 181. The Balaban J connectivity index is 2.20. The van der Waals surface area contributed by atoms with E-state index in [2.05, 4.69) is 6.08 Å². The molecule has 68 valence electrons. The molecule has 0 aromatic rings. The van der Waals surface area contributed by atoms with Gasteiger partial charge in [0.05, 0.1) is 5.25 Å². The van der Waals surface area contributed by atoms with E-state index in [-0.39, 0.29) is 5.25 Å². The minimum Gasteiger partial charge on any atom is -0.309 e. The van der Waals surface area contributed by atoms with Gasteiger partial charge >= 0.3 is 0 Å². The van der Waals surface area contributed by atoms with Crippen molar-refractivity contribution < 1.29 is 4.79 Å². The summed E-state index contributed by atoms with van der Waals surface area (Å²) in [6.07, 6.45) is 3.69. The number of hydrogen-bond donors (Lipinski definition) is 0. The van der Waals surface area contributed by atoms with Crippen LogP contribution >= 0.6 is 11.8 Å². The van der Waals surface area contributed by atoms with Crippen molar-refractivity contribution in [2.75, 3.05) is 20.6 Å². The molecule has 0 radical (unpaired) electrons. The zero-order valence-corrected chi connectivity index (χ0v) is 8.43. The second-order valence-electron chi connectivity index (χ2n) is 3.25. The number of thioether (sulfide) groups is 1. The average molecular weight is 185 g/mol. The van der Waals surface area contributed by atoms with Gasteiger partial charge in [0.25, 0.3) is 0 Å². The number of carbonyl (C=O) groups excluding carboxylic acids is 1. The molecule has 0 saturated heterocycles. The highest BCUT2D eigenvalue weighted by atomic mass is 32.2. The number of ketones is 1. The Kier molecular flexibility index (Phi) is 3.82. The quantitative estimate of drug-likeness (QED) is 0.662. The largest absolute Gasteiger partial charge is 0.309 e. The van der Waals surface area contributed by atoms with Crippen LogP contribution in [0.1, 0.15) is 12.8 Å². The number of nitrogens with zero attached hydrogens (tertiary/aromatic N) is 1. The second kappa shape index (κ2) is 4.67. The Hall–Kier alpha value is -0.280. The summed E-state index contributed by atoms with van der Waals surface area (Å²) >= 11 is 1.65. The maximum absolute atomic E-state index is 11.5. The van der Waals surface area contributed by atoms with Crippen molar-refractivity contribution in [1.82, 2.24) is 4.90 Å². The van der Waals surface area contributed by atoms with E-state index in [9.17, 15) is 4.79 Å². The number of carbonyl (C=O) groups is 1. The van der Waals surface area contributed by atoms with Crippen LogP contribution in [0.2, 0.25) is 0 Å². The zero-order valence-electron chi connectivity index (χ0n) is 7.62. The van der Waals surface area contributed by atoms with Gasteiger partial charge < -0.3 is 4.90 Å². The van der Waals surface area contributed by atoms with Crippen molar-refractivity contribution in [3.8, 4) is 0 Å². The Morgan fingerprint density at radius 1 is 1.67 bits per heavy atom. The SMILES string of the molecule is CN(C)CCC(=O)C1CC=CS1. The third-order valence-corrected chi connectivity index (χ3v) is 2.99. The predicted octanol–water partition coefficient (Wildman–Crippen LogP) is 1.53. The summed E-state index contributed by atoms with van der Waals surface area (Å²) < 4.78 is 0. The molecule has 1 unspecified atom stereocenters. The van der Waals surface area contributed by atoms with Gasteiger partial charge in [-0.25, -0.2) is 0 Å². The molecule has 0 aliphatic carbocycles. The zero-order chi connectivity index (χ0) is 8.97. The van der Waals surface area contributed by atoms with Gasteiger partial charge in [-0.05, 0) is 25.9 Å². The molecule has 0 spiro atoms. The summed E-state index contributed by atoms with van der Waals surface area (Å²) in [7, 11) is 3.99. The molecule has 1 heterocycles. The topological polar surface area (TPSA) is 20.3 Å². The summed E-state index contributed by atoms with van der Waals surface area (Å²) in [6.45, 7) is 0.871. The van der Waals surface area contributed by atoms with Gasteiger partial charge in [0.1, 0.15) is 5.78 Å². The first-order valence-corrected chi connectivity index (χ1v) is 5.12. The first-order chi connectivity index (χ1) is 5.70. The summed E-state index contributed by atoms with van der Waals surface area (Å²) in [4.78, 5) is 13.5. The second-order valence-corrected chi connectivity index (χ2v) is 4.37. The molecule has 0 fully saturated rings. The van der Waals surface area contributed by atoms with Crippen molar-refractivity contribution in [1.29, 1.82) is 0 Å². The van der Waals surface area contributed by atoms with E-state index in [0.717, 1.165) is 13.0 Å². The van der Waals surface area contributed by atoms with Gasteiger partial charge in [-0.15, -0.1) is 11.8 Å². The van der Waals surface area contributed by atoms with Crippen LogP contribution < -0.4 is 0 Å². The molecule has 0 amide bonds. The maximum Gasteiger partial charge on any atom is 0.147 e. The molecule has 0 bridgehead atoms. The van der Waals surface area contributed by atoms with Gasteiger partial charge in [-0.1, -0.05) is 6.08 Å².